The molecule has 0 saturated carbocycles. The van der Waals surface area contributed by atoms with E-state index in [-0.39, 0.29) is 6.42 Å². The molecular formula is C18H14Cl2N2O3S. The molecule has 0 heterocycles. The van der Waals surface area contributed by atoms with E-state index in [0.29, 0.717) is 21.3 Å². The maximum absolute atomic E-state index is 12.0. The number of benzene rings is 2. The first kappa shape index (κ1) is 20.1. The minimum absolute atomic E-state index is 0.0532. The molecule has 0 atom stereocenters. The van der Waals surface area contributed by atoms with Gasteiger partial charge in [-0.1, -0.05) is 29.3 Å². The highest BCUT2D eigenvalue weighted by molar-refractivity contribution is 8.03. The van der Waals surface area contributed by atoms with Crippen LogP contribution in [0.2, 0.25) is 10.0 Å². The van der Waals surface area contributed by atoms with E-state index < -0.39 is 18.5 Å². The lowest BCUT2D eigenvalue weighted by Gasteiger charge is -2.10. The van der Waals surface area contributed by atoms with Crippen LogP contribution in [0.25, 0.3) is 0 Å². The van der Waals surface area contributed by atoms with Crippen molar-refractivity contribution in [3.8, 4) is 5.40 Å². The van der Waals surface area contributed by atoms with Crippen molar-refractivity contribution in [1.29, 1.82) is 5.26 Å². The average Bonchev–Trinajstić information content (AvgIpc) is 2.58. The number of nitriles is 1. The van der Waals surface area contributed by atoms with Crippen molar-refractivity contribution in [3.05, 3.63) is 57.6 Å². The first-order valence-corrected chi connectivity index (χ1v) is 9.02. The number of ether oxygens (including phenoxy) is 1. The number of thioether (sulfide) groups is 1. The fraction of sp³-hybridized carbons (Fsp3) is 0.167. The van der Waals surface area contributed by atoms with Gasteiger partial charge in [0.05, 0.1) is 6.42 Å². The van der Waals surface area contributed by atoms with Crippen LogP contribution in [0.4, 0.5) is 5.69 Å². The Morgan fingerprint density at radius 2 is 2.00 bits per heavy atom. The predicted octanol–water partition coefficient (Wildman–Crippen LogP) is 4.60. The standard InChI is InChI=1S/C18H14Cl2N2O3S/c1-11-6-14(26-10-21)4-5-16(11)22-17(23)9-25-18(24)7-12-2-3-13(19)8-15(12)20/h2-6,8H,7,9H2,1H3,(H,22,23). The molecule has 8 heteroatoms. The molecule has 5 nitrogen and oxygen atoms in total. The van der Waals surface area contributed by atoms with Crippen molar-refractivity contribution >= 4 is 52.5 Å². The normalized spacial score (nSPS) is 10.1. The van der Waals surface area contributed by atoms with Crippen molar-refractivity contribution in [2.75, 3.05) is 11.9 Å². The number of rotatable bonds is 6. The fourth-order valence-corrected chi connectivity index (χ4v) is 3.05. The zero-order valence-electron chi connectivity index (χ0n) is 13.7. The van der Waals surface area contributed by atoms with Gasteiger partial charge < -0.3 is 10.1 Å². The summed E-state index contributed by atoms with van der Waals surface area (Å²) in [7, 11) is 0. The molecular weight excluding hydrogens is 395 g/mol. The Bertz CT molecular complexity index is 881. The highest BCUT2D eigenvalue weighted by Crippen LogP contribution is 2.23. The Hall–Kier alpha value is -2.20. The van der Waals surface area contributed by atoms with Crippen LogP contribution in [0, 0.1) is 17.6 Å². The molecule has 2 aromatic rings. The smallest absolute Gasteiger partial charge is 0.310 e. The van der Waals surface area contributed by atoms with E-state index in [1.54, 1.807) is 30.3 Å². The maximum atomic E-state index is 12.0. The molecule has 0 aliphatic heterocycles. The lowest BCUT2D eigenvalue weighted by atomic mass is 10.1. The Balaban J connectivity index is 1.86. The summed E-state index contributed by atoms with van der Waals surface area (Å²) in [5.74, 6) is -1.02. The highest BCUT2D eigenvalue weighted by atomic mass is 35.5. The summed E-state index contributed by atoms with van der Waals surface area (Å²) in [6.45, 7) is 1.41. The Morgan fingerprint density at radius 3 is 2.65 bits per heavy atom. The number of carbonyl (C=O) groups excluding carboxylic acids is 2. The summed E-state index contributed by atoms with van der Waals surface area (Å²) in [4.78, 5) is 24.6. The van der Waals surface area contributed by atoms with Crippen LogP contribution >= 0.6 is 35.0 Å². The molecule has 2 rings (SSSR count). The lowest BCUT2D eigenvalue weighted by molar-refractivity contribution is -0.146. The minimum atomic E-state index is -0.568. The van der Waals surface area contributed by atoms with Crippen LogP contribution in [-0.4, -0.2) is 18.5 Å². The molecule has 0 unspecified atom stereocenters. The number of halogens is 2. The molecule has 1 N–H and O–H groups in total. The van der Waals surface area contributed by atoms with Gasteiger partial charge in [-0.25, -0.2) is 0 Å². The van der Waals surface area contributed by atoms with Gasteiger partial charge in [0.2, 0.25) is 0 Å². The van der Waals surface area contributed by atoms with Crippen LogP contribution in [0.3, 0.4) is 0 Å². The Kier molecular flexibility index (Phi) is 7.34. The van der Waals surface area contributed by atoms with Crippen molar-refractivity contribution in [2.24, 2.45) is 0 Å². The Morgan fingerprint density at radius 1 is 1.23 bits per heavy atom. The second-order valence-corrected chi connectivity index (χ2v) is 6.99. The summed E-state index contributed by atoms with van der Waals surface area (Å²) in [6.07, 6.45) is -0.0532. The van der Waals surface area contributed by atoms with Crippen molar-refractivity contribution in [3.63, 3.8) is 0 Å². The quantitative estimate of drug-likeness (QED) is 0.429. The number of nitrogens with zero attached hydrogens (tertiary/aromatic N) is 1. The molecule has 2 aromatic carbocycles. The van der Waals surface area contributed by atoms with Crippen molar-refractivity contribution in [1.82, 2.24) is 0 Å². The highest BCUT2D eigenvalue weighted by Gasteiger charge is 2.12. The molecule has 0 radical (unpaired) electrons. The molecule has 1 amide bonds. The van der Waals surface area contributed by atoms with Crippen LogP contribution in [-0.2, 0) is 20.7 Å². The van der Waals surface area contributed by atoms with Gasteiger partial charge in [0.1, 0.15) is 5.40 Å². The molecule has 0 aliphatic carbocycles. The first-order valence-electron chi connectivity index (χ1n) is 7.45. The lowest BCUT2D eigenvalue weighted by Crippen LogP contribution is -2.22. The third kappa shape index (κ3) is 5.95. The number of carbonyl (C=O) groups is 2. The maximum Gasteiger partial charge on any atom is 0.310 e. The first-order chi connectivity index (χ1) is 12.4. The van der Waals surface area contributed by atoms with Crippen molar-refractivity contribution < 1.29 is 14.3 Å². The van der Waals surface area contributed by atoms with Crippen molar-refractivity contribution in [2.45, 2.75) is 18.2 Å². The van der Waals surface area contributed by atoms with Gasteiger partial charge in [-0.15, -0.1) is 0 Å². The molecule has 134 valence electrons. The van der Waals surface area contributed by atoms with E-state index >= 15 is 0 Å². The molecule has 26 heavy (non-hydrogen) atoms. The van der Waals surface area contributed by atoms with Gasteiger partial charge in [-0.05, 0) is 60.1 Å². The summed E-state index contributed by atoms with van der Waals surface area (Å²) >= 11 is 12.8. The van der Waals surface area contributed by atoms with Crippen LogP contribution in [0.1, 0.15) is 11.1 Å². The summed E-state index contributed by atoms with van der Waals surface area (Å²) in [5, 5.41) is 14.2. The topological polar surface area (TPSA) is 79.2 Å². The molecule has 0 fully saturated rings. The van der Waals surface area contributed by atoms with Gasteiger partial charge in [-0.2, -0.15) is 5.26 Å². The second kappa shape index (κ2) is 9.48. The number of amides is 1. The van der Waals surface area contributed by atoms with E-state index in [1.165, 1.54) is 6.07 Å². The summed E-state index contributed by atoms with van der Waals surface area (Å²) in [5.41, 5.74) is 1.97. The molecule has 0 saturated heterocycles. The SMILES string of the molecule is Cc1cc(SC#N)ccc1NC(=O)COC(=O)Cc1ccc(Cl)cc1Cl. The summed E-state index contributed by atoms with van der Waals surface area (Å²) in [6, 6.07) is 10.0. The number of anilines is 1. The zero-order chi connectivity index (χ0) is 19.1. The number of thiocyanates is 1. The largest absolute Gasteiger partial charge is 0.455 e. The van der Waals surface area contributed by atoms with E-state index in [0.717, 1.165) is 22.2 Å². The van der Waals surface area contributed by atoms with E-state index in [1.807, 2.05) is 12.3 Å². The number of hydrogen-bond acceptors (Lipinski definition) is 5. The minimum Gasteiger partial charge on any atom is -0.455 e. The van der Waals surface area contributed by atoms with Gasteiger partial charge in [0.25, 0.3) is 5.91 Å². The van der Waals surface area contributed by atoms with E-state index in [2.05, 4.69) is 5.32 Å². The van der Waals surface area contributed by atoms with E-state index in [9.17, 15) is 9.59 Å². The third-order valence-corrected chi connectivity index (χ3v) is 4.52. The van der Waals surface area contributed by atoms with Crippen LogP contribution in [0.15, 0.2) is 41.3 Å². The second-order valence-electron chi connectivity index (χ2n) is 5.29. The predicted molar refractivity (Wildman–Crippen MR) is 102 cm³/mol. The number of esters is 1. The third-order valence-electron chi connectivity index (χ3n) is 3.35. The Labute approximate surface area is 165 Å². The number of nitrogens with one attached hydrogen (secondary N) is 1. The fourth-order valence-electron chi connectivity index (χ4n) is 2.10. The van der Waals surface area contributed by atoms with Gasteiger partial charge in [0, 0.05) is 20.6 Å². The summed E-state index contributed by atoms with van der Waals surface area (Å²) < 4.78 is 4.98. The van der Waals surface area contributed by atoms with Gasteiger partial charge in [0.15, 0.2) is 6.61 Å². The monoisotopic (exact) mass is 408 g/mol. The average molecular weight is 409 g/mol. The zero-order valence-corrected chi connectivity index (χ0v) is 16.0. The number of hydrogen-bond donors (Lipinski definition) is 1. The molecule has 0 spiro atoms. The van der Waals surface area contributed by atoms with Gasteiger partial charge in [-0.3, -0.25) is 9.59 Å². The van der Waals surface area contributed by atoms with Crippen LogP contribution in [0.5, 0.6) is 0 Å². The van der Waals surface area contributed by atoms with Crippen LogP contribution < -0.4 is 5.32 Å². The van der Waals surface area contributed by atoms with E-state index in [4.69, 9.17) is 33.2 Å². The number of aryl methyl sites for hydroxylation is 1. The van der Waals surface area contributed by atoms with Gasteiger partial charge >= 0.3 is 5.97 Å². The molecule has 0 aromatic heterocycles. The molecule has 0 aliphatic rings. The molecule has 0 bridgehead atoms.